The van der Waals surface area contributed by atoms with E-state index in [0.29, 0.717) is 37.7 Å². The molecule has 2 aromatic heterocycles. The minimum Gasteiger partial charge on any atom is -0.441 e. The first-order chi connectivity index (χ1) is 16.6. The molecular weight excluding hydrogens is 424 g/mol. The Morgan fingerprint density at radius 3 is 2.50 bits per heavy atom. The number of hydrogen-bond donors (Lipinski definition) is 0. The molecule has 4 aromatic rings. The van der Waals surface area contributed by atoms with Crippen LogP contribution in [-0.4, -0.2) is 47.0 Å². The van der Waals surface area contributed by atoms with Crippen LogP contribution < -0.4 is 4.90 Å². The smallest absolute Gasteiger partial charge is 0.223 e. The van der Waals surface area contributed by atoms with E-state index in [9.17, 15) is 4.79 Å². The van der Waals surface area contributed by atoms with Crippen molar-refractivity contribution in [3.63, 3.8) is 0 Å². The van der Waals surface area contributed by atoms with E-state index < -0.39 is 0 Å². The fourth-order valence-electron chi connectivity index (χ4n) is 4.38. The number of carbonyl (C=O) groups is 1. The Balaban J connectivity index is 1.13. The van der Waals surface area contributed by atoms with Crippen molar-refractivity contribution in [1.82, 2.24) is 14.9 Å². The second kappa shape index (κ2) is 9.67. The molecule has 34 heavy (non-hydrogen) atoms. The molecule has 1 aliphatic rings. The van der Waals surface area contributed by atoms with Crippen LogP contribution in [0, 0.1) is 0 Å². The first kappa shape index (κ1) is 22.1. The fraction of sp³-hybridized carbons (Fsp3) is 0.321. The van der Waals surface area contributed by atoms with Crippen molar-refractivity contribution in [2.45, 2.75) is 32.6 Å². The molecule has 174 valence electrons. The number of carbonyl (C=O) groups excluding carboxylic acids is 1. The van der Waals surface area contributed by atoms with Crippen LogP contribution in [0.1, 0.15) is 37.6 Å². The number of benzene rings is 2. The van der Waals surface area contributed by atoms with Gasteiger partial charge in [0, 0.05) is 50.0 Å². The highest BCUT2D eigenvalue weighted by molar-refractivity contribution is 5.80. The predicted molar refractivity (Wildman–Crippen MR) is 135 cm³/mol. The van der Waals surface area contributed by atoms with Crippen LogP contribution in [0.5, 0.6) is 0 Å². The summed E-state index contributed by atoms with van der Waals surface area (Å²) in [5.74, 6) is 2.97. The maximum Gasteiger partial charge on any atom is 0.223 e. The van der Waals surface area contributed by atoms with Crippen LogP contribution in [-0.2, 0) is 11.2 Å². The molecule has 0 atom stereocenters. The molecule has 0 N–H and O–H groups in total. The highest BCUT2D eigenvalue weighted by Gasteiger charge is 2.22. The van der Waals surface area contributed by atoms with Crippen molar-refractivity contribution in [3.8, 4) is 11.3 Å². The average Bonchev–Trinajstić information content (AvgIpc) is 3.36. The Labute approximate surface area is 200 Å². The second-order valence-corrected chi connectivity index (χ2v) is 9.12. The van der Waals surface area contributed by atoms with Gasteiger partial charge in [-0.25, -0.2) is 9.97 Å². The van der Waals surface area contributed by atoms with Gasteiger partial charge in [0.15, 0.2) is 11.7 Å². The molecule has 0 radical (unpaired) electrons. The molecule has 2 aromatic carbocycles. The van der Waals surface area contributed by atoms with Gasteiger partial charge in [-0.2, -0.15) is 0 Å². The third kappa shape index (κ3) is 4.81. The highest BCUT2D eigenvalue weighted by Crippen LogP contribution is 2.24. The number of oxazole rings is 1. The summed E-state index contributed by atoms with van der Waals surface area (Å²) in [5, 5.41) is 1.14. The average molecular weight is 455 g/mol. The molecule has 0 saturated carbocycles. The van der Waals surface area contributed by atoms with E-state index in [4.69, 9.17) is 9.40 Å². The normalized spacial score (nSPS) is 14.2. The lowest BCUT2D eigenvalue weighted by atomic mass is 10.0. The maximum atomic E-state index is 12.8. The van der Waals surface area contributed by atoms with Crippen molar-refractivity contribution in [3.05, 3.63) is 78.3 Å². The number of amides is 1. The van der Waals surface area contributed by atoms with E-state index in [1.807, 2.05) is 23.1 Å². The minimum absolute atomic E-state index is 0.146. The van der Waals surface area contributed by atoms with Gasteiger partial charge in [-0.1, -0.05) is 56.3 Å². The lowest BCUT2D eigenvalue weighted by molar-refractivity contribution is -0.131. The first-order valence-corrected chi connectivity index (χ1v) is 12.0. The summed E-state index contributed by atoms with van der Waals surface area (Å²) >= 11 is 0. The fourth-order valence-corrected chi connectivity index (χ4v) is 4.38. The van der Waals surface area contributed by atoms with Gasteiger partial charge in [0.2, 0.25) is 5.91 Å². The summed E-state index contributed by atoms with van der Waals surface area (Å²) in [5.41, 5.74) is 3.30. The first-order valence-electron chi connectivity index (χ1n) is 12.0. The van der Waals surface area contributed by atoms with Gasteiger partial charge in [0.25, 0.3) is 0 Å². The summed E-state index contributed by atoms with van der Waals surface area (Å²) in [6, 6.07) is 20.7. The number of rotatable bonds is 6. The van der Waals surface area contributed by atoms with Crippen LogP contribution in [0.15, 0.2) is 71.3 Å². The summed E-state index contributed by atoms with van der Waals surface area (Å²) in [7, 11) is 0. The number of piperazine rings is 1. The number of para-hydroxylation sites is 1. The molecule has 3 heterocycles. The third-order valence-corrected chi connectivity index (χ3v) is 6.51. The number of aryl methyl sites for hydroxylation is 1. The van der Waals surface area contributed by atoms with Crippen LogP contribution in [0.2, 0.25) is 0 Å². The zero-order valence-corrected chi connectivity index (χ0v) is 19.8. The van der Waals surface area contributed by atoms with Gasteiger partial charge in [-0.05, 0) is 29.7 Å². The summed E-state index contributed by atoms with van der Waals surface area (Å²) in [6.45, 7) is 7.33. The maximum absolute atomic E-state index is 12.8. The number of anilines is 1. The lowest BCUT2D eigenvalue weighted by Gasteiger charge is -2.35. The van der Waals surface area contributed by atoms with Gasteiger partial charge >= 0.3 is 0 Å². The molecule has 1 saturated heterocycles. The third-order valence-electron chi connectivity index (χ3n) is 6.51. The molecular formula is C28H30N4O2. The Hall–Kier alpha value is -3.67. The van der Waals surface area contributed by atoms with Gasteiger partial charge in [0.1, 0.15) is 5.82 Å². The molecule has 1 fully saturated rings. The molecule has 0 spiro atoms. The number of nitrogens with zero attached hydrogens (tertiary/aromatic N) is 4. The molecule has 5 rings (SSSR count). The zero-order chi connectivity index (χ0) is 23.5. The largest absolute Gasteiger partial charge is 0.441 e. The Kier molecular flexibility index (Phi) is 6.30. The Morgan fingerprint density at radius 1 is 0.971 bits per heavy atom. The molecule has 0 unspecified atom stereocenters. The Morgan fingerprint density at radius 2 is 1.74 bits per heavy atom. The van der Waals surface area contributed by atoms with Crippen molar-refractivity contribution in [2.75, 3.05) is 31.1 Å². The van der Waals surface area contributed by atoms with Crippen LogP contribution in [0.3, 0.4) is 0 Å². The number of hydrogen-bond acceptors (Lipinski definition) is 5. The van der Waals surface area contributed by atoms with Crippen molar-refractivity contribution >= 4 is 22.6 Å². The van der Waals surface area contributed by atoms with E-state index in [2.05, 4.69) is 66.2 Å². The van der Waals surface area contributed by atoms with Crippen molar-refractivity contribution in [2.24, 2.45) is 0 Å². The monoisotopic (exact) mass is 454 g/mol. The van der Waals surface area contributed by atoms with Gasteiger partial charge < -0.3 is 14.2 Å². The number of aromatic nitrogens is 2. The van der Waals surface area contributed by atoms with Crippen LogP contribution >= 0.6 is 0 Å². The quantitative estimate of drug-likeness (QED) is 0.396. The lowest BCUT2D eigenvalue weighted by Crippen LogP contribution is -2.49. The van der Waals surface area contributed by atoms with Gasteiger partial charge in [0.05, 0.1) is 11.7 Å². The summed E-state index contributed by atoms with van der Waals surface area (Å²) in [6.07, 6.45) is 2.66. The van der Waals surface area contributed by atoms with Crippen molar-refractivity contribution in [1.29, 1.82) is 0 Å². The van der Waals surface area contributed by atoms with E-state index in [1.165, 1.54) is 5.56 Å². The highest BCUT2D eigenvalue weighted by atomic mass is 16.4. The second-order valence-electron chi connectivity index (χ2n) is 9.12. The van der Waals surface area contributed by atoms with E-state index in [1.54, 1.807) is 6.20 Å². The van der Waals surface area contributed by atoms with Crippen molar-refractivity contribution < 1.29 is 9.21 Å². The molecule has 6 nitrogen and oxygen atoms in total. The predicted octanol–water partition coefficient (Wildman–Crippen LogP) is 5.29. The van der Waals surface area contributed by atoms with Crippen LogP contribution in [0.4, 0.5) is 5.82 Å². The number of pyridine rings is 1. The van der Waals surface area contributed by atoms with E-state index in [0.717, 1.165) is 41.1 Å². The standard InChI is InChI=1S/C28H30N4O2/c1-20(2)21-7-9-23(10-8-21)25-19-29-27(34-25)13-14-28(33)32-17-15-31(16-18-32)26-12-11-22-5-3-4-6-24(22)30-26/h3-12,19-20H,13-18H2,1-2H3. The molecule has 1 amide bonds. The molecule has 6 heteroatoms. The van der Waals surface area contributed by atoms with E-state index >= 15 is 0 Å². The number of fused-ring (bicyclic) bond motifs is 1. The van der Waals surface area contributed by atoms with Gasteiger partial charge in [-0.15, -0.1) is 0 Å². The summed E-state index contributed by atoms with van der Waals surface area (Å²) in [4.78, 5) is 26.2. The van der Waals surface area contributed by atoms with Gasteiger partial charge in [-0.3, -0.25) is 4.79 Å². The molecule has 0 aliphatic carbocycles. The minimum atomic E-state index is 0.146. The SMILES string of the molecule is CC(C)c1ccc(-c2cnc(CCC(=O)N3CCN(c4ccc5ccccc5n4)CC3)o2)cc1. The molecule has 1 aliphatic heterocycles. The Bertz CT molecular complexity index is 1270. The molecule has 0 bridgehead atoms. The topological polar surface area (TPSA) is 62.5 Å². The summed E-state index contributed by atoms with van der Waals surface area (Å²) < 4.78 is 5.92. The zero-order valence-electron chi connectivity index (χ0n) is 19.8. The van der Waals surface area contributed by atoms with Crippen LogP contribution in [0.25, 0.3) is 22.2 Å². The van der Waals surface area contributed by atoms with E-state index in [-0.39, 0.29) is 5.91 Å².